The van der Waals surface area contributed by atoms with Crippen molar-refractivity contribution in [3.8, 4) is 11.3 Å². The van der Waals surface area contributed by atoms with Crippen LogP contribution in [0.5, 0.6) is 0 Å². The number of nitrogens with one attached hydrogen (secondary N) is 1. The van der Waals surface area contributed by atoms with Crippen LogP contribution < -0.4 is 5.32 Å². The van der Waals surface area contributed by atoms with E-state index in [4.69, 9.17) is 16.7 Å². The minimum Gasteiger partial charge on any atom is -0.337 e. The summed E-state index contributed by atoms with van der Waals surface area (Å²) >= 11 is 6.54. The van der Waals surface area contributed by atoms with Crippen molar-refractivity contribution in [1.29, 1.82) is 0 Å². The zero-order valence-electron chi connectivity index (χ0n) is 18.6. The Morgan fingerprint density at radius 3 is 2.71 bits per heavy atom. The van der Waals surface area contributed by atoms with Gasteiger partial charge in [-0.25, -0.2) is 15.0 Å². The molecule has 5 heterocycles. The fourth-order valence-electron chi connectivity index (χ4n) is 4.18. The Kier molecular flexibility index (Phi) is 6.19. The third-order valence-corrected chi connectivity index (χ3v) is 6.10. The number of carbonyl (C=O) groups excluding carboxylic acids is 2. The predicted molar refractivity (Wildman–Crippen MR) is 131 cm³/mol. The number of amides is 2. The normalized spacial score (nSPS) is 15.7. The molecule has 4 aromatic heterocycles. The highest BCUT2D eigenvalue weighted by molar-refractivity contribution is 6.35. The van der Waals surface area contributed by atoms with Gasteiger partial charge < -0.3 is 10.2 Å². The Hall–Kier alpha value is -4.18. The predicted octanol–water partition coefficient (Wildman–Crippen LogP) is 3.54. The highest BCUT2D eigenvalue weighted by atomic mass is 35.5. The molecule has 1 atom stereocenters. The molecule has 35 heavy (non-hydrogen) atoms. The first kappa shape index (κ1) is 22.6. The van der Waals surface area contributed by atoms with E-state index in [0.717, 1.165) is 23.7 Å². The summed E-state index contributed by atoms with van der Waals surface area (Å²) in [6.45, 7) is 4.78. The smallest absolute Gasteiger partial charge is 0.294 e. The van der Waals surface area contributed by atoms with Crippen LogP contribution >= 0.6 is 11.6 Å². The van der Waals surface area contributed by atoms with Gasteiger partial charge in [0.05, 0.1) is 16.6 Å². The largest absolute Gasteiger partial charge is 0.337 e. The highest BCUT2D eigenvalue weighted by Gasteiger charge is 2.27. The highest BCUT2D eigenvalue weighted by Crippen LogP contribution is 2.35. The molecule has 1 aliphatic rings. The van der Waals surface area contributed by atoms with Gasteiger partial charge in [-0.05, 0) is 31.1 Å². The molecule has 10 nitrogen and oxygen atoms in total. The lowest BCUT2D eigenvalue weighted by Gasteiger charge is -2.32. The standard InChI is InChI=1S/C24H21ClN8O2/c1-2-20(34)32-9-5-6-16(14-32)33-22-17(12-26-13-18(22)25)21(31-33)15-10-28-23(29-11-15)24(35)30-19-7-3-4-8-27-19/h2-4,7-8,10-13,16H,1,5-6,9,14H2,(H,27,30,35)/t16-/m1/s1. The SMILES string of the molecule is C=CC(=O)N1CCC[C@@H](n2nc(-c3cnc(C(=O)Nc4ccccn4)nc3)c3cncc(Cl)c32)C1. The number of carbonyl (C=O) groups is 2. The number of piperidine rings is 1. The summed E-state index contributed by atoms with van der Waals surface area (Å²) < 4.78 is 1.86. The van der Waals surface area contributed by atoms with Crippen molar-refractivity contribution in [3.63, 3.8) is 0 Å². The van der Waals surface area contributed by atoms with Crippen LogP contribution in [-0.4, -0.2) is 59.5 Å². The molecular weight excluding hydrogens is 468 g/mol. The maximum absolute atomic E-state index is 12.5. The van der Waals surface area contributed by atoms with Crippen molar-refractivity contribution in [2.45, 2.75) is 18.9 Å². The maximum atomic E-state index is 12.5. The quantitative estimate of drug-likeness (QED) is 0.427. The van der Waals surface area contributed by atoms with Crippen LogP contribution in [0.4, 0.5) is 5.82 Å². The van der Waals surface area contributed by atoms with E-state index in [1.807, 2.05) is 4.68 Å². The molecule has 1 N–H and O–H groups in total. The summed E-state index contributed by atoms with van der Waals surface area (Å²) in [6, 6.07) is 5.14. The van der Waals surface area contributed by atoms with Crippen LogP contribution in [0.15, 0.2) is 61.8 Å². The molecule has 0 aliphatic carbocycles. The zero-order chi connectivity index (χ0) is 24.4. The molecule has 1 saturated heterocycles. The maximum Gasteiger partial charge on any atom is 0.294 e. The molecule has 2 amide bonds. The molecule has 1 aliphatic heterocycles. The van der Waals surface area contributed by atoms with Gasteiger partial charge in [0, 0.05) is 55.0 Å². The van der Waals surface area contributed by atoms with Gasteiger partial charge in [0.25, 0.3) is 5.91 Å². The van der Waals surface area contributed by atoms with Gasteiger partial charge in [0.2, 0.25) is 11.7 Å². The third kappa shape index (κ3) is 4.47. The first-order valence-corrected chi connectivity index (χ1v) is 11.4. The number of rotatable bonds is 5. The Labute approximate surface area is 205 Å². The minimum absolute atomic E-state index is 0.00478. The summed E-state index contributed by atoms with van der Waals surface area (Å²) in [5.74, 6) is -0.158. The van der Waals surface area contributed by atoms with Gasteiger partial charge in [-0.1, -0.05) is 24.2 Å². The molecule has 0 spiro atoms. The van der Waals surface area contributed by atoms with Crippen molar-refractivity contribution >= 4 is 40.1 Å². The van der Waals surface area contributed by atoms with E-state index in [9.17, 15) is 9.59 Å². The molecule has 4 aromatic rings. The van der Waals surface area contributed by atoms with E-state index in [2.05, 4.69) is 31.8 Å². The molecule has 1 fully saturated rings. The lowest BCUT2D eigenvalue weighted by atomic mass is 10.1. The number of fused-ring (bicyclic) bond motifs is 1. The van der Waals surface area contributed by atoms with Crippen LogP contribution in [0.2, 0.25) is 5.02 Å². The number of likely N-dealkylation sites (tertiary alicyclic amines) is 1. The van der Waals surface area contributed by atoms with Gasteiger partial charge in [-0.15, -0.1) is 0 Å². The summed E-state index contributed by atoms with van der Waals surface area (Å²) in [4.78, 5) is 43.2. The van der Waals surface area contributed by atoms with Crippen molar-refractivity contribution in [3.05, 3.63) is 72.7 Å². The molecule has 0 radical (unpaired) electrons. The van der Waals surface area contributed by atoms with Gasteiger partial charge in [-0.3, -0.25) is 19.3 Å². The second-order valence-corrected chi connectivity index (χ2v) is 8.47. The number of halogens is 1. The van der Waals surface area contributed by atoms with E-state index < -0.39 is 5.91 Å². The lowest BCUT2D eigenvalue weighted by Crippen LogP contribution is -2.40. The Morgan fingerprint density at radius 1 is 1.14 bits per heavy atom. The van der Waals surface area contributed by atoms with Gasteiger partial charge in [0.15, 0.2) is 0 Å². The molecule has 0 bridgehead atoms. The Morgan fingerprint density at radius 2 is 1.97 bits per heavy atom. The van der Waals surface area contributed by atoms with E-state index in [1.54, 1.807) is 54.1 Å². The number of pyridine rings is 2. The van der Waals surface area contributed by atoms with E-state index in [0.29, 0.717) is 35.2 Å². The average molecular weight is 489 g/mol. The van der Waals surface area contributed by atoms with Crippen molar-refractivity contribution in [2.75, 3.05) is 18.4 Å². The first-order valence-electron chi connectivity index (χ1n) is 11.0. The fourth-order valence-corrected chi connectivity index (χ4v) is 4.43. The molecule has 0 unspecified atom stereocenters. The third-order valence-electron chi connectivity index (χ3n) is 5.83. The van der Waals surface area contributed by atoms with Crippen molar-refractivity contribution in [1.82, 2.24) is 34.6 Å². The van der Waals surface area contributed by atoms with Gasteiger partial charge >= 0.3 is 0 Å². The second-order valence-electron chi connectivity index (χ2n) is 8.06. The van der Waals surface area contributed by atoms with Gasteiger partial charge in [0.1, 0.15) is 11.5 Å². The van der Waals surface area contributed by atoms with Crippen LogP contribution in [0, 0.1) is 0 Å². The van der Waals surface area contributed by atoms with Crippen LogP contribution in [0.3, 0.4) is 0 Å². The summed E-state index contributed by atoms with van der Waals surface area (Å²) in [5.41, 5.74) is 1.94. The monoisotopic (exact) mass is 488 g/mol. The molecule has 176 valence electrons. The summed E-state index contributed by atoms with van der Waals surface area (Å²) in [5, 5.41) is 8.70. The van der Waals surface area contributed by atoms with Gasteiger partial charge in [-0.2, -0.15) is 5.10 Å². The number of anilines is 1. The Bertz CT molecular complexity index is 1400. The number of hydrogen-bond donors (Lipinski definition) is 1. The summed E-state index contributed by atoms with van der Waals surface area (Å²) in [6.07, 6.45) is 10.9. The first-order chi connectivity index (χ1) is 17.0. The number of nitrogens with zero attached hydrogens (tertiary/aromatic N) is 7. The molecule has 11 heteroatoms. The molecule has 5 rings (SSSR count). The topological polar surface area (TPSA) is 119 Å². The second kappa shape index (κ2) is 9.59. The van der Waals surface area contributed by atoms with Crippen molar-refractivity contribution in [2.24, 2.45) is 0 Å². The van der Waals surface area contributed by atoms with Crippen LogP contribution in [0.1, 0.15) is 29.5 Å². The number of hydrogen-bond acceptors (Lipinski definition) is 7. The Balaban J connectivity index is 1.47. The van der Waals surface area contributed by atoms with E-state index >= 15 is 0 Å². The average Bonchev–Trinajstić information content (AvgIpc) is 3.30. The molecule has 0 saturated carbocycles. The summed E-state index contributed by atoms with van der Waals surface area (Å²) in [7, 11) is 0. The molecular formula is C24H21ClN8O2. The lowest BCUT2D eigenvalue weighted by molar-refractivity contribution is -0.127. The number of aromatic nitrogens is 6. The van der Waals surface area contributed by atoms with E-state index in [-0.39, 0.29) is 17.8 Å². The van der Waals surface area contributed by atoms with Crippen LogP contribution in [0.25, 0.3) is 22.2 Å². The van der Waals surface area contributed by atoms with Crippen LogP contribution in [-0.2, 0) is 4.79 Å². The van der Waals surface area contributed by atoms with Crippen molar-refractivity contribution < 1.29 is 9.59 Å². The fraction of sp³-hybridized carbons (Fsp3) is 0.208. The zero-order valence-corrected chi connectivity index (χ0v) is 19.4. The minimum atomic E-state index is -0.468. The van der Waals surface area contributed by atoms with E-state index in [1.165, 1.54) is 6.08 Å². The molecule has 0 aromatic carbocycles.